The molecule has 0 amide bonds. The van der Waals surface area contributed by atoms with E-state index < -0.39 is 10.0 Å². The normalized spacial score (nSPS) is 23.2. The molecule has 1 aromatic carbocycles. The Hall–Kier alpha value is -0.270. The zero-order valence-corrected chi connectivity index (χ0v) is 13.3. The second-order valence-electron chi connectivity index (χ2n) is 4.97. The van der Waals surface area contributed by atoms with Gasteiger partial charge in [-0.3, -0.25) is 0 Å². The third-order valence-corrected chi connectivity index (χ3v) is 7.28. The predicted molar refractivity (Wildman–Crippen MR) is 80.6 cm³/mol. The number of hydrogen-bond donors (Lipinski definition) is 0. The molecule has 0 aromatic heterocycles. The standard InChI is InChI=1S/C13H16ClNO3S2/c14-11-2-1-3-12(10-11)20(16,17)15-6-4-13(5-7-15)18-8-9-19-13/h1-3,10H,4-9H2. The lowest BCUT2D eigenvalue weighted by Crippen LogP contribution is -2.44. The van der Waals surface area contributed by atoms with Crippen molar-refractivity contribution in [1.82, 2.24) is 4.31 Å². The first-order chi connectivity index (χ1) is 9.52. The number of halogens is 1. The topological polar surface area (TPSA) is 46.6 Å². The van der Waals surface area contributed by atoms with Crippen molar-refractivity contribution in [2.24, 2.45) is 0 Å². The second-order valence-corrected chi connectivity index (χ2v) is 8.78. The summed E-state index contributed by atoms with van der Waals surface area (Å²) in [6.45, 7) is 1.77. The van der Waals surface area contributed by atoms with E-state index in [1.807, 2.05) is 11.8 Å². The largest absolute Gasteiger partial charge is 0.363 e. The molecular formula is C13H16ClNO3S2. The van der Waals surface area contributed by atoms with Crippen LogP contribution in [0.5, 0.6) is 0 Å². The highest BCUT2D eigenvalue weighted by Crippen LogP contribution is 2.42. The lowest BCUT2D eigenvalue weighted by molar-refractivity contribution is 0.0162. The van der Waals surface area contributed by atoms with Crippen LogP contribution in [0.15, 0.2) is 29.2 Å². The summed E-state index contributed by atoms with van der Waals surface area (Å²) >= 11 is 7.69. The Bertz CT molecular complexity index is 589. The fourth-order valence-corrected chi connectivity index (χ4v) is 5.55. The van der Waals surface area contributed by atoms with Gasteiger partial charge in [0.05, 0.1) is 11.5 Å². The van der Waals surface area contributed by atoms with Gasteiger partial charge >= 0.3 is 0 Å². The summed E-state index contributed by atoms with van der Waals surface area (Å²) in [6, 6.07) is 6.43. The van der Waals surface area contributed by atoms with Crippen LogP contribution < -0.4 is 0 Å². The maximum Gasteiger partial charge on any atom is 0.243 e. The number of ether oxygens (including phenoxy) is 1. The highest BCUT2D eigenvalue weighted by molar-refractivity contribution is 8.00. The lowest BCUT2D eigenvalue weighted by atomic mass is 10.1. The molecule has 1 spiro atoms. The summed E-state index contributed by atoms with van der Waals surface area (Å²) in [5, 5.41) is 0.439. The molecule has 20 heavy (non-hydrogen) atoms. The molecule has 0 N–H and O–H groups in total. The number of nitrogens with zero attached hydrogens (tertiary/aromatic N) is 1. The SMILES string of the molecule is O=S(=O)(c1cccc(Cl)c1)N1CCC2(CC1)OCCS2. The summed E-state index contributed by atoms with van der Waals surface area (Å²) in [4.78, 5) is 0.112. The van der Waals surface area contributed by atoms with Crippen LogP contribution in [0.1, 0.15) is 12.8 Å². The quantitative estimate of drug-likeness (QED) is 0.834. The van der Waals surface area contributed by atoms with Gasteiger partial charge in [0.1, 0.15) is 4.93 Å². The Balaban J connectivity index is 1.77. The molecule has 0 bridgehead atoms. The van der Waals surface area contributed by atoms with E-state index in [0.29, 0.717) is 18.1 Å². The van der Waals surface area contributed by atoms with Gasteiger partial charge in [0.2, 0.25) is 10.0 Å². The van der Waals surface area contributed by atoms with Crippen LogP contribution in [0.3, 0.4) is 0 Å². The van der Waals surface area contributed by atoms with Crippen LogP contribution in [-0.2, 0) is 14.8 Å². The van der Waals surface area contributed by atoms with Gasteiger partial charge in [0, 0.05) is 23.9 Å². The molecule has 3 rings (SSSR count). The van der Waals surface area contributed by atoms with E-state index in [9.17, 15) is 8.42 Å². The molecule has 0 saturated carbocycles. The number of piperidine rings is 1. The molecule has 0 radical (unpaired) electrons. The molecule has 0 atom stereocenters. The van der Waals surface area contributed by atoms with Crippen molar-refractivity contribution in [1.29, 1.82) is 0 Å². The highest BCUT2D eigenvalue weighted by Gasteiger charge is 2.42. The monoisotopic (exact) mass is 333 g/mol. The maximum atomic E-state index is 12.6. The van der Waals surface area contributed by atoms with Crippen molar-refractivity contribution in [3.63, 3.8) is 0 Å². The van der Waals surface area contributed by atoms with Gasteiger partial charge in [0.15, 0.2) is 0 Å². The van der Waals surface area contributed by atoms with Crippen molar-refractivity contribution in [3.8, 4) is 0 Å². The molecule has 2 saturated heterocycles. The third kappa shape index (κ3) is 2.72. The van der Waals surface area contributed by atoms with Gasteiger partial charge in [-0.15, -0.1) is 11.8 Å². The van der Waals surface area contributed by atoms with Crippen molar-refractivity contribution in [2.45, 2.75) is 22.7 Å². The van der Waals surface area contributed by atoms with E-state index in [2.05, 4.69) is 0 Å². The minimum Gasteiger partial charge on any atom is -0.363 e. The van der Waals surface area contributed by atoms with Crippen LogP contribution in [0, 0.1) is 0 Å². The molecule has 0 unspecified atom stereocenters. The third-order valence-electron chi connectivity index (χ3n) is 3.73. The molecular weight excluding hydrogens is 318 g/mol. The van der Waals surface area contributed by atoms with Crippen LogP contribution >= 0.6 is 23.4 Å². The lowest BCUT2D eigenvalue weighted by Gasteiger charge is -2.37. The zero-order chi connectivity index (χ0) is 14.2. The Morgan fingerprint density at radius 3 is 2.65 bits per heavy atom. The molecule has 7 heteroatoms. The summed E-state index contributed by atoms with van der Waals surface area (Å²) in [6.07, 6.45) is 1.49. The maximum absolute atomic E-state index is 12.6. The minimum atomic E-state index is -3.45. The fourth-order valence-electron chi connectivity index (χ4n) is 2.63. The van der Waals surface area contributed by atoms with Gasteiger partial charge in [-0.2, -0.15) is 4.31 Å². The van der Waals surface area contributed by atoms with Crippen LogP contribution in [0.4, 0.5) is 0 Å². The number of benzene rings is 1. The number of hydrogen-bond acceptors (Lipinski definition) is 4. The van der Waals surface area contributed by atoms with Gasteiger partial charge < -0.3 is 4.74 Å². The van der Waals surface area contributed by atoms with Crippen LogP contribution in [-0.4, -0.2) is 43.1 Å². The molecule has 2 heterocycles. The van der Waals surface area contributed by atoms with Gasteiger partial charge in [-0.05, 0) is 31.0 Å². The van der Waals surface area contributed by atoms with Crippen molar-refractivity contribution >= 4 is 33.4 Å². The first kappa shape index (κ1) is 14.7. The van der Waals surface area contributed by atoms with Crippen molar-refractivity contribution in [3.05, 3.63) is 29.3 Å². The number of rotatable bonds is 2. The summed E-state index contributed by atoms with van der Waals surface area (Å²) < 4.78 is 32.4. The van der Waals surface area contributed by atoms with E-state index in [-0.39, 0.29) is 9.83 Å². The molecule has 4 nitrogen and oxygen atoms in total. The molecule has 2 fully saturated rings. The Morgan fingerprint density at radius 1 is 1.30 bits per heavy atom. The predicted octanol–water partition coefficient (Wildman–Crippen LogP) is 2.58. The summed E-state index contributed by atoms with van der Waals surface area (Å²) in [5.74, 6) is 1.00. The van der Waals surface area contributed by atoms with Crippen LogP contribution in [0.25, 0.3) is 0 Å². The number of sulfonamides is 1. The van der Waals surface area contributed by atoms with Crippen molar-refractivity contribution in [2.75, 3.05) is 25.4 Å². The molecule has 110 valence electrons. The molecule has 2 aliphatic rings. The van der Waals surface area contributed by atoms with E-state index in [1.54, 1.807) is 18.2 Å². The Labute approximate surface area is 128 Å². The van der Waals surface area contributed by atoms with E-state index >= 15 is 0 Å². The van der Waals surface area contributed by atoms with Gasteiger partial charge in [-0.1, -0.05) is 17.7 Å². The van der Waals surface area contributed by atoms with Crippen molar-refractivity contribution < 1.29 is 13.2 Å². The summed E-state index contributed by atoms with van der Waals surface area (Å²) in [5.41, 5.74) is 0. The average molecular weight is 334 g/mol. The first-order valence-electron chi connectivity index (χ1n) is 6.56. The Kier molecular flexibility index (Phi) is 4.03. The van der Waals surface area contributed by atoms with Crippen LogP contribution in [0.2, 0.25) is 5.02 Å². The summed E-state index contributed by atoms with van der Waals surface area (Å²) in [7, 11) is -3.45. The van der Waals surface area contributed by atoms with E-state index in [1.165, 1.54) is 10.4 Å². The molecule has 1 aromatic rings. The molecule has 2 aliphatic heterocycles. The zero-order valence-electron chi connectivity index (χ0n) is 10.9. The smallest absolute Gasteiger partial charge is 0.243 e. The highest BCUT2D eigenvalue weighted by atomic mass is 35.5. The van der Waals surface area contributed by atoms with E-state index in [0.717, 1.165) is 25.2 Å². The minimum absolute atomic E-state index is 0.152. The average Bonchev–Trinajstić information content (AvgIpc) is 2.87. The fraction of sp³-hybridized carbons (Fsp3) is 0.538. The second kappa shape index (κ2) is 5.50. The van der Waals surface area contributed by atoms with E-state index in [4.69, 9.17) is 16.3 Å². The van der Waals surface area contributed by atoms with Gasteiger partial charge in [-0.25, -0.2) is 8.42 Å². The molecule has 0 aliphatic carbocycles. The Morgan fingerprint density at radius 2 is 2.05 bits per heavy atom. The number of thioether (sulfide) groups is 1. The first-order valence-corrected chi connectivity index (χ1v) is 9.36. The van der Waals surface area contributed by atoms with Gasteiger partial charge in [0.25, 0.3) is 0 Å².